The van der Waals surface area contributed by atoms with E-state index in [0.717, 1.165) is 17.6 Å². The Morgan fingerprint density at radius 3 is 2.25 bits per heavy atom. The van der Waals surface area contributed by atoms with Gasteiger partial charge in [0.2, 0.25) is 0 Å². The topological polar surface area (TPSA) is 21.7 Å². The van der Waals surface area contributed by atoms with Crippen molar-refractivity contribution in [2.24, 2.45) is 5.92 Å². The quantitative estimate of drug-likeness (QED) is 0.794. The molecule has 16 heavy (non-hydrogen) atoms. The Hall–Kier alpha value is -0.580. The third-order valence-electron chi connectivity index (χ3n) is 2.95. The molecule has 1 aromatic rings. The van der Waals surface area contributed by atoms with Gasteiger partial charge in [-0.1, -0.05) is 15.9 Å². The van der Waals surface area contributed by atoms with E-state index in [0.29, 0.717) is 5.92 Å². The average molecular weight is 286 g/mol. The first kappa shape index (κ1) is 11.9. The number of benzene rings is 1. The molecule has 0 aromatic heterocycles. The van der Waals surface area contributed by atoms with Crippen LogP contribution in [-0.4, -0.2) is 33.6 Å². The van der Waals surface area contributed by atoms with E-state index in [-0.39, 0.29) is 6.29 Å². The van der Waals surface area contributed by atoms with Gasteiger partial charge >= 0.3 is 0 Å². The number of hydrogen-bond acceptors (Lipinski definition) is 3. The standard InChI is InChI=1S/C12H16BrNO2/c1-15-12(16-2)9-7-14(8-9)11-5-3-10(13)4-6-11/h3-6,9,12H,7-8H2,1-2H3. The number of hydrogen-bond donors (Lipinski definition) is 0. The lowest BCUT2D eigenvalue weighted by atomic mass is 9.98. The molecule has 0 bridgehead atoms. The van der Waals surface area contributed by atoms with Gasteiger partial charge in [0.25, 0.3) is 0 Å². The minimum absolute atomic E-state index is 0.0771. The number of halogens is 1. The van der Waals surface area contributed by atoms with E-state index in [1.165, 1.54) is 5.69 Å². The van der Waals surface area contributed by atoms with E-state index in [1.807, 2.05) is 0 Å². The molecule has 1 aliphatic rings. The summed E-state index contributed by atoms with van der Waals surface area (Å²) in [4.78, 5) is 2.32. The van der Waals surface area contributed by atoms with E-state index in [2.05, 4.69) is 45.1 Å². The highest BCUT2D eigenvalue weighted by molar-refractivity contribution is 9.10. The fourth-order valence-corrected chi connectivity index (χ4v) is 2.29. The summed E-state index contributed by atoms with van der Waals surface area (Å²) in [7, 11) is 3.38. The van der Waals surface area contributed by atoms with Crippen LogP contribution in [0.25, 0.3) is 0 Å². The van der Waals surface area contributed by atoms with Crippen LogP contribution in [0.4, 0.5) is 5.69 Å². The fourth-order valence-electron chi connectivity index (χ4n) is 2.03. The monoisotopic (exact) mass is 285 g/mol. The maximum absolute atomic E-state index is 5.25. The maximum atomic E-state index is 5.25. The van der Waals surface area contributed by atoms with Crippen molar-refractivity contribution in [3.8, 4) is 0 Å². The van der Waals surface area contributed by atoms with Crippen molar-refractivity contribution in [1.29, 1.82) is 0 Å². The fraction of sp³-hybridized carbons (Fsp3) is 0.500. The molecule has 0 saturated carbocycles. The summed E-state index contributed by atoms with van der Waals surface area (Å²) in [5.74, 6) is 0.471. The lowest BCUT2D eigenvalue weighted by Crippen LogP contribution is -2.53. The highest BCUT2D eigenvalue weighted by Gasteiger charge is 2.33. The van der Waals surface area contributed by atoms with Crippen LogP contribution >= 0.6 is 15.9 Å². The molecule has 1 heterocycles. The molecule has 3 nitrogen and oxygen atoms in total. The van der Waals surface area contributed by atoms with E-state index in [1.54, 1.807) is 14.2 Å². The lowest BCUT2D eigenvalue weighted by Gasteiger charge is -2.43. The molecule has 0 N–H and O–H groups in total. The van der Waals surface area contributed by atoms with Gasteiger partial charge in [0.05, 0.1) is 0 Å². The van der Waals surface area contributed by atoms with Gasteiger partial charge in [0, 0.05) is 43.4 Å². The number of nitrogens with zero attached hydrogens (tertiary/aromatic N) is 1. The Morgan fingerprint density at radius 1 is 1.19 bits per heavy atom. The van der Waals surface area contributed by atoms with Crippen molar-refractivity contribution in [2.75, 3.05) is 32.2 Å². The molecule has 0 atom stereocenters. The van der Waals surface area contributed by atoms with Crippen molar-refractivity contribution < 1.29 is 9.47 Å². The van der Waals surface area contributed by atoms with Crippen molar-refractivity contribution in [3.05, 3.63) is 28.7 Å². The third kappa shape index (κ3) is 2.39. The molecule has 0 aliphatic carbocycles. The first-order valence-electron chi connectivity index (χ1n) is 5.30. The Bertz CT molecular complexity index is 331. The van der Waals surface area contributed by atoms with Crippen molar-refractivity contribution in [1.82, 2.24) is 0 Å². The number of ether oxygens (including phenoxy) is 2. The SMILES string of the molecule is COC(OC)C1CN(c2ccc(Br)cc2)C1. The molecule has 1 fully saturated rings. The predicted octanol–water partition coefficient (Wildman–Crippen LogP) is 2.50. The summed E-state index contributed by atoms with van der Waals surface area (Å²) in [6.07, 6.45) is -0.0771. The number of rotatable bonds is 4. The zero-order valence-corrected chi connectivity index (χ0v) is 11.1. The molecular formula is C12H16BrNO2. The van der Waals surface area contributed by atoms with Gasteiger partial charge in [0.1, 0.15) is 0 Å². The summed E-state index contributed by atoms with van der Waals surface area (Å²) in [6, 6.07) is 8.36. The minimum Gasteiger partial charge on any atom is -0.370 e. The van der Waals surface area contributed by atoms with Crippen molar-refractivity contribution in [3.63, 3.8) is 0 Å². The number of anilines is 1. The molecule has 1 aromatic carbocycles. The van der Waals surface area contributed by atoms with Gasteiger partial charge in [0.15, 0.2) is 6.29 Å². The van der Waals surface area contributed by atoms with Crippen molar-refractivity contribution in [2.45, 2.75) is 6.29 Å². The highest BCUT2D eigenvalue weighted by Crippen LogP contribution is 2.28. The van der Waals surface area contributed by atoms with Gasteiger partial charge < -0.3 is 14.4 Å². The van der Waals surface area contributed by atoms with Gasteiger partial charge in [-0.2, -0.15) is 0 Å². The van der Waals surface area contributed by atoms with Crippen LogP contribution in [0.5, 0.6) is 0 Å². The van der Waals surface area contributed by atoms with Crippen LogP contribution in [0.1, 0.15) is 0 Å². The average Bonchev–Trinajstić information content (AvgIpc) is 2.24. The molecule has 0 amide bonds. The normalized spacial score (nSPS) is 16.6. The zero-order chi connectivity index (χ0) is 11.5. The molecule has 4 heteroatoms. The lowest BCUT2D eigenvalue weighted by molar-refractivity contribution is -0.142. The maximum Gasteiger partial charge on any atom is 0.162 e. The Labute approximate surface area is 104 Å². The molecule has 0 unspecified atom stereocenters. The first-order valence-corrected chi connectivity index (χ1v) is 6.10. The second kappa shape index (κ2) is 5.17. The van der Waals surface area contributed by atoms with Crippen LogP contribution in [0.2, 0.25) is 0 Å². The van der Waals surface area contributed by atoms with E-state index in [9.17, 15) is 0 Å². The summed E-state index contributed by atoms with van der Waals surface area (Å²) in [5, 5.41) is 0. The second-order valence-electron chi connectivity index (χ2n) is 3.98. The molecule has 2 rings (SSSR count). The van der Waals surface area contributed by atoms with Gasteiger partial charge in [-0.25, -0.2) is 0 Å². The molecule has 1 saturated heterocycles. The highest BCUT2D eigenvalue weighted by atomic mass is 79.9. The van der Waals surface area contributed by atoms with Gasteiger partial charge in [-0.05, 0) is 24.3 Å². The molecule has 88 valence electrons. The molecule has 0 radical (unpaired) electrons. The van der Waals surface area contributed by atoms with E-state index >= 15 is 0 Å². The first-order chi connectivity index (χ1) is 7.74. The Balaban J connectivity index is 1.90. The summed E-state index contributed by atoms with van der Waals surface area (Å²) >= 11 is 3.43. The van der Waals surface area contributed by atoms with Gasteiger partial charge in [-0.15, -0.1) is 0 Å². The van der Waals surface area contributed by atoms with E-state index < -0.39 is 0 Å². The van der Waals surface area contributed by atoms with Gasteiger partial charge in [-0.3, -0.25) is 0 Å². The Kier molecular flexibility index (Phi) is 3.84. The largest absolute Gasteiger partial charge is 0.370 e. The molecule has 0 spiro atoms. The minimum atomic E-state index is -0.0771. The van der Waals surface area contributed by atoms with E-state index in [4.69, 9.17) is 9.47 Å². The predicted molar refractivity (Wildman–Crippen MR) is 67.7 cm³/mol. The summed E-state index contributed by atoms with van der Waals surface area (Å²) in [5.41, 5.74) is 1.26. The van der Waals surface area contributed by atoms with Crippen LogP contribution in [0.3, 0.4) is 0 Å². The smallest absolute Gasteiger partial charge is 0.162 e. The summed E-state index contributed by atoms with van der Waals surface area (Å²) in [6.45, 7) is 1.99. The molecule has 1 aliphatic heterocycles. The van der Waals surface area contributed by atoms with Crippen molar-refractivity contribution >= 4 is 21.6 Å². The zero-order valence-electron chi connectivity index (χ0n) is 9.52. The van der Waals surface area contributed by atoms with Crippen LogP contribution < -0.4 is 4.90 Å². The van der Waals surface area contributed by atoms with Crippen LogP contribution in [-0.2, 0) is 9.47 Å². The molecular weight excluding hydrogens is 270 g/mol. The second-order valence-corrected chi connectivity index (χ2v) is 4.90. The third-order valence-corrected chi connectivity index (χ3v) is 3.48. The number of methoxy groups -OCH3 is 2. The summed E-state index contributed by atoms with van der Waals surface area (Å²) < 4.78 is 11.6. The van der Waals surface area contributed by atoms with Crippen LogP contribution in [0.15, 0.2) is 28.7 Å². The van der Waals surface area contributed by atoms with Crippen LogP contribution in [0, 0.1) is 5.92 Å². The Morgan fingerprint density at radius 2 is 1.75 bits per heavy atom.